The molecular weight excluding hydrogens is 494 g/mol. The van der Waals surface area contributed by atoms with E-state index >= 15 is 0 Å². The summed E-state index contributed by atoms with van der Waals surface area (Å²) in [6.45, 7) is 4.22. The lowest BCUT2D eigenvalue weighted by atomic mass is 9.97. The lowest BCUT2D eigenvalue weighted by Gasteiger charge is -2.33. The summed E-state index contributed by atoms with van der Waals surface area (Å²) < 4.78 is 13.1. The van der Waals surface area contributed by atoms with Crippen LogP contribution in [0.4, 0.5) is 17.2 Å². The maximum absolute atomic E-state index is 11.9. The van der Waals surface area contributed by atoms with Gasteiger partial charge in [-0.1, -0.05) is 6.07 Å². The molecule has 2 N–H and O–H groups in total. The van der Waals surface area contributed by atoms with Gasteiger partial charge in [-0.3, -0.25) is 9.48 Å². The van der Waals surface area contributed by atoms with Crippen molar-refractivity contribution in [2.24, 2.45) is 11.7 Å². The summed E-state index contributed by atoms with van der Waals surface area (Å²) in [7, 11) is 5.45. The average molecular weight is 534 g/mol. The highest BCUT2D eigenvalue weighted by molar-refractivity contribution is 5.77. The fourth-order valence-corrected chi connectivity index (χ4v) is 5.59. The van der Waals surface area contributed by atoms with Gasteiger partial charge in [0.25, 0.3) is 0 Å². The molecule has 10 nitrogen and oxygen atoms in total. The van der Waals surface area contributed by atoms with Gasteiger partial charge in [-0.15, -0.1) is 0 Å². The van der Waals surface area contributed by atoms with Crippen LogP contribution in [-0.2, 0) is 11.3 Å². The Bertz CT molecular complexity index is 1270. The molecule has 3 aromatic rings. The number of amides is 1. The Morgan fingerprint density at radius 1 is 1.08 bits per heavy atom. The van der Waals surface area contributed by atoms with Crippen LogP contribution in [0.5, 0.6) is 11.5 Å². The fraction of sp³-hybridized carbons (Fsp3) is 0.483. The van der Waals surface area contributed by atoms with Crippen molar-refractivity contribution in [3.05, 3.63) is 54.5 Å². The largest absolute Gasteiger partial charge is 0.493 e. The average Bonchev–Trinajstić information content (AvgIpc) is 3.46. The number of carbonyl (C=O) groups excluding carboxylic acids is 1. The second kappa shape index (κ2) is 11.9. The van der Waals surface area contributed by atoms with Crippen molar-refractivity contribution in [3.8, 4) is 11.5 Å². The van der Waals surface area contributed by atoms with Crippen LogP contribution in [0.25, 0.3) is 0 Å². The van der Waals surface area contributed by atoms with Crippen LogP contribution < -0.4 is 25.0 Å². The summed E-state index contributed by atoms with van der Waals surface area (Å²) in [4.78, 5) is 23.4. The molecule has 39 heavy (non-hydrogen) atoms. The van der Waals surface area contributed by atoms with E-state index in [-0.39, 0.29) is 11.8 Å². The first-order valence-corrected chi connectivity index (χ1v) is 13.7. The lowest BCUT2D eigenvalue weighted by molar-refractivity contribution is -0.122. The first-order chi connectivity index (χ1) is 18.9. The summed E-state index contributed by atoms with van der Waals surface area (Å²) in [5.41, 5.74) is 8.71. The molecule has 5 rings (SSSR count). The number of nitrogens with two attached hydrogens (primary N) is 1. The number of methoxy groups -OCH3 is 2. The van der Waals surface area contributed by atoms with Crippen LogP contribution in [-0.4, -0.2) is 73.0 Å². The van der Waals surface area contributed by atoms with Gasteiger partial charge in [0.05, 0.1) is 38.1 Å². The molecule has 0 radical (unpaired) electrons. The number of pyridine rings is 1. The van der Waals surface area contributed by atoms with Gasteiger partial charge in [0.2, 0.25) is 5.91 Å². The molecule has 2 aliphatic heterocycles. The van der Waals surface area contributed by atoms with E-state index in [0.717, 1.165) is 68.1 Å². The molecule has 0 unspecified atom stereocenters. The van der Waals surface area contributed by atoms with E-state index in [1.54, 1.807) is 14.2 Å². The molecule has 0 bridgehead atoms. The van der Waals surface area contributed by atoms with Gasteiger partial charge in [0.1, 0.15) is 5.82 Å². The number of rotatable bonds is 9. The van der Waals surface area contributed by atoms with Gasteiger partial charge in [-0.2, -0.15) is 5.10 Å². The predicted molar refractivity (Wildman–Crippen MR) is 152 cm³/mol. The molecule has 2 saturated heterocycles. The second-order valence-corrected chi connectivity index (χ2v) is 10.5. The molecule has 4 heterocycles. The van der Waals surface area contributed by atoms with Crippen molar-refractivity contribution >= 4 is 23.1 Å². The Labute approximate surface area is 230 Å². The zero-order valence-electron chi connectivity index (χ0n) is 23.1. The van der Waals surface area contributed by atoms with E-state index in [9.17, 15) is 4.79 Å². The van der Waals surface area contributed by atoms with E-state index in [1.807, 2.05) is 36.7 Å². The van der Waals surface area contributed by atoms with E-state index in [0.29, 0.717) is 30.6 Å². The number of anilines is 3. The minimum Gasteiger partial charge on any atom is -0.493 e. The number of primary amides is 1. The van der Waals surface area contributed by atoms with E-state index < -0.39 is 0 Å². The summed E-state index contributed by atoms with van der Waals surface area (Å²) in [5, 5.41) is 4.78. The monoisotopic (exact) mass is 533 g/mol. The standard InChI is InChI=1S/C29H39N7O3/c1-33-13-9-23(10-14-33)36-20-25(17-32-36)35(18-21-6-7-26(38-2)27(15-21)39-3)28-16-24(8-11-31-28)34-12-4-5-22(19-34)29(30)37/h6-8,11,15-17,20,22-23H,4-5,9-10,12-14,18-19H2,1-3H3,(H2,30,37)/t22-/m0/s1. The third kappa shape index (κ3) is 6.11. The first kappa shape index (κ1) is 26.8. The number of likely N-dealkylation sites (tertiary alicyclic amines) is 1. The highest BCUT2D eigenvalue weighted by Gasteiger charge is 2.26. The van der Waals surface area contributed by atoms with Crippen LogP contribution in [0.15, 0.2) is 48.9 Å². The molecule has 1 atom stereocenters. The van der Waals surface area contributed by atoms with Crippen LogP contribution >= 0.6 is 0 Å². The minimum atomic E-state index is -0.231. The van der Waals surface area contributed by atoms with Crippen molar-refractivity contribution in [2.45, 2.75) is 38.3 Å². The Kier molecular flexibility index (Phi) is 8.21. The molecule has 1 aromatic carbocycles. The van der Waals surface area contributed by atoms with Crippen molar-refractivity contribution in [1.82, 2.24) is 19.7 Å². The Balaban J connectivity index is 1.47. The molecule has 0 aliphatic carbocycles. The third-order valence-corrected chi connectivity index (χ3v) is 7.94. The third-order valence-electron chi connectivity index (χ3n) is 7.94. The topological polar surface area (TPSA) is 102 Å². The number of piperidine rings is 2. The van der Waals surface area contributed by atoms with Crippen molar-refractivity contribution in [1.29, 1.82) is 0 Å². The number of aromatic nitrogens is 3. The maximum atomic E-state index is 11.9. The molecule has 2 fully saturated rings. The molecule has 2 aromatic heterocycles. The van der Waals surface area contributed by atoms with Gasteiger partial charge in [0.15, 0.2) is 11.5 Å². The number of hydrogen-bond donors (Lipinski definition) is 1. The molecule has 10 heteroatoms. The van der Waals surface area contributed by atoms with E-state index in [2.05, 4.69) is 38.7 Å². The van der Waals surface area contributed by atoms with E-state index in [1.165, 1.54) is 0 Å². The van der Waals surface area contributed by atoms with Crippen LogP contribution in [0.1, 0.15) is 37.3 Å². The van der Waals surface area contributed by atoms with Gasteiger partial charge < -0.3 is 29.9 Å². The fourth-order valence-electron chi connectivity index (χ4n) is 5.59. The van der Waals surface area contributed by atoms with Crippen LogP contribution in [0.2, 0.25) is 0 Å². The number of ether oxygens (including phenoxy) is 2. The van der Waals surface area contributed by atoms with Crippen LogP contribution in [0, 0.1) is 5.92 Å². The Hall–Kier alpha value is -3.79. The summed E-state index contributed by atoms with van der Waals surface area (Å²) >= 11 is 0. The summed E-state index contributed by atoms with van der Waals surface area (Å²) in [6, 6.07) is 10.5. The summed E-state index contributed by atoms with van der Waals surface area (Å²) in [6.07, 6.45) is 9.83. The van der Waals surface area contributed by atoms with Crippen molar-refractivity contribution < 1.29 is 14.3 Å². The predicted octanol–water partition coefficient (Wildman–Crippen LogP) is 3.60. The first-order valence-electron chi connectivity index (χ1n) is 13.7. The van der Waals surface area contributed by atoms with Gasteiger partial charge in [-0.25, -0.2) is 4.98 Å². The highest BCUT2D eigenvalue weighted by atomic mass is 16.5. The molecule has 2 aliphatic rings. The quantitative estimate of drug-likeness (QED) is 0.445. The molecule has 0 spiro atoms. The van der Waals surface area contributed by atoms with Gasteiger partial charge in [-0.05, 0) is 69.6 Å². The van der Waals surface area contributed by atoms with Gasteiger partial charge >= 0.3 is 0 Å². The van der Waals surface area contributed by atoms with E-state index in [4.69, 9.17) is 25.3 Å². The van der Waals surface area contributed by atoms with Gasteiger partial charge in [0, 0.05) is 43.8 Å². The normalized spacial score (nSPS) is 18.6. The molecule has 208 valence electrons. The number of nitrogens with zero attached hydrogens (tertiary/aromatic N) is 6. The highest BCUT2D eigenvalue weighted by Crippen LogP contribution is 2.34. The number of benzene rings is 1. The molecule has 0 saturated carbocycles. The van der Waals surface area contributed by atoms with Crippen LogP contribution in [0.3, 0.4) is 0 Å². The Morgan fingerprint density at radius 2 is 1.87 bits per heavy atom. The Morgan fingerprint density at radius 3 is 2.62 bits per heavy atom. The van der Waals surface area contributed by atoms with Crippen molar-refractivity contribution in [2.75, 3.05) is 57.2 Å². The minimum absolute atomic E-state index is 0.133. The molecule has 1 amide bonds. The smallest absolute Gasteiger partial charge is 0.222 e. The second-order valence-electron chi connectivity index (χ2n) is 10.5. The lowest BCUT2D eigenvalue weighted by Crippen LogP contribution is -2.41. The zero-order chi connectivity index (χ0) is 27.4. The summed E-state index contributed by atoms with van der Waals surface area (Å²) in [5.74, 6) is 1.82. The van der Waals surface area contributed by atoms with Crippen molar-refractivity contribution in [3.63, 3.8) is 0 Å². The SMILES string of the molecule is COc1ccc(CN(c2cnn(C3CCN(C)CC3)c2)c2cc(N3CCC[C@H](C(N)=O)C3)ccn2)cc1OC. The zero-order valence-corrected chi connectivity index (χ0v) is 23.1. The molecular formula is C29H39N7O3. The number of carbonyl (C=O) groups is 1. The number of hydrogen-bond acceptors (Lipinski definition) is 8. The maximum Gasteiger partial charge on any atom is 0.222 e.